The number of hydrogen-bond acceptors (Lipinski definition) is 3. The summed E-state index contributed by atoms with van der Waals surface area (Å²) in [5, 5.41) is 8.35. The number of benzene rings is 2. The lowest BCUT2D eigenvalue weighted by atomic mass is 10.1. The number of nitrogens with two attached hydrogens (primary N) is 1. The van der Waals surface area contributed by atoms with Gasteiger partial charge in [-0.1, -0.05) is 35.9 Å². The molecule has 0 saturated carbocycles. The summed E-state index contributed by atoms with van der Waals surface area (Å²) < 4.78 is 22.7. The van der Waals surface area contributed by atoms with E-state index in [1.807, 2.05) is 6.07 Å². The first-order chi connectivity index (χ1) is 10.3. The molecule has 0 aliphatic heterocycles. The normalized spacial score (nSPS) is 11.2. The molecule has 7 heteroatoms. The van der Waals surface area contributed by atoms with E-state index in [2.05, 4.69) is 5.32 Å². The number of amides is 1. The summed E-state index contributed by atoms with van der Waals surface area (Å²) >= 11 is 6.02. The molecule has 0 aliphatic rings. The fourth-order valence-electron chi connectivity index (χ4n) is 1.94. The quantitative estimate of drug-likeness (QED) is 0.895. The van der Waals surface area contributed by atoms with Crippen LogP contribution in [-0.2, 0) is 16.6 Å². The average molecular weight is 339 g/mol. The molecule has 0 saturated heterocycles. The minimum Gasteiger partial charge on any atom is -0.348 e. The Hall–Kier alpha value is -1.89. The maximum absolute atomic E-state index is 12.2. The number of carbonyl (C=O) groups is 1. The van der Waals surface area contributed by atoms with Crippen LogP contribution in [0, 0.1) is 6.92 Å². The van der Waals surface area contributed by atoms with Crippen molar-refractivity contribution in [2.24, 2.45) is 5.14 Å². The highest BCUT2D eigenvalue weighted by atomic mass is 35.5. The predicted octanol–water partition coefficient (Wildman–Crippen LogP) is 2.23. The number of hydrogen-bond donors (Lipinski definition) is 2. The standard InChI is InChI=1S/C15H15ClN2O3S/c1-10-6-7-12(22(17,20)21)8-13(10)15(19)18-9-11-4-2-3-5-14(11)16/h2-8H,9H2,1H3,(H,18,19)(H2,17,20,21). The lowest BCUT2D eigenvalue weighted by Gasteiger charge is -2.10. The van der Waals surface area contributed by atoms with E-state index < -0.39 is 10.0 Å². The van der Waals surface area contributed by atoms with Gasteiger partial charge in [-0.15, -0.1) is 0 Å². The van der Waals surface area contributed by atoms with Crippen LogP contribution >= 0.6 is 11.6 Å². The number of carbonyl (C=O) groups excluding carboxylic acids is 1. The minimum atomic E-state index is -3.85. The number of halogens is 1. The highest BCUT2D eigenvalue weighted by Crippen LogP contribution is 2.17. The van der Waals surface area contributed by atoms with Gasteiger partial charge in [0.25, 0.3) is 5.91 Å². The summed E-state index contributed by atoms with van der Waals surface area (Å²) in [5.74, 6) is -0.386. The van der Waals surface area contributed by atoms with Crippen molar-refractivity contribution in [1.82, 2.24) is 5.32 Å². The van der Waals surface area contributed by atoms with Gasteiger partial charge in [0.1, 0.15) is 0 Å². The molecule has 2 aromatic carbocycles. The zero-order valence-electron chi connectivity index (χ0n) is 11.8. The SMILES string of the molecule is Cc1ccc(S(N)(=O)=O)cc1C(=O)NCc1ccccc1Cl. The van der Waals surface area contributed by atoms with Gasteiger partial charge in [-0.05, 0) is 36.2 Å². The molecular formula is C15H15ClN2O3S. The molecule has 22 heavy (non-hydrogen) atoms. The van der Waals surface area contributed by atoms with Crippen LogP contribution in [0.4, 0.5) is 0 Å². The van der Waals surface area contributed by atoms with Crippen molar-refractivity contribution in [3.05, 3.63) is 64.2 Å². The van der Waals surface area contributed by atoms with Crippen LogP contribution in [0.25, 0.3) is 0 Å². The van der Waals surface area contributed by atoms with Crippen LogP contribution in [-0.4, -0.2) is 14.3 Å². The molecule has 0 bridgehead atoms. The van der Waals surface area contributed by atoms with Crippen LogP contribution in [0.15, 0.2) is 47.4 Å². The molecular weight excluding hydrogens is 324 g/mol. The van der Waals surface area contributed by atoms with E-state index in [4.69, 9.17) is 16.7 Å². The first-order valence-electron chi connectivity index (χ1n) is 6.44. The molecule has 0 fully saturated rings. The lowest BCUT2D eigenvalue weighted by molar-refractivity contribution is 0.0950. The second-order valence-electron chi connectivity index (χ2n) is 4.80. The topological polar surface area (TPSA) is 89.3 Å². The third-order valence-electron chi connectivity index (χ3n) is 3.18. The number of aryl methyl sites for hydroxylation is 1. The zero-order chi connectivity index (χ0) is 16.3. The van der Waals surface area contributed by atoms with E-state index in [1.54, 1.807) is 31.2 Å². The minimum absolute atomic E-state index is 0.0963. The van der Waals surface area contributed by atoms with Crippen molar-refractivity contribution < 1.29 is 13.2 Å². The van der Waals surface area contributed by atoms with Gasteiger partial charge in [0.2, 0.25) is 10.0 Å². The zero-order valence-corrected chi connectivity index (χ0v) is 13.4. The highest BCUT2D eigenvalue weighted by molar-refractivity contribution is 7.89. The van der Waals surface area contributed by atoms with E-state index in [0.717, 1.165) is 5.56 Å². The maximum Gasteiger partial charge on any atom is 0.251 e. The van der Waals surface area contributed by atoms with Gasteiger partial charge < -0.3 is 5.32 Å². The molecule has 2 aromatic rings. The summed E-state index contributed by atoms with van der Waals surface area (Å²) in [7, 11) is -3.85. The van der Waals surface area contributed by atoms with Crippen molar-refractivity contribution in [3.8, 4) is 0 Å². The molecule has 116 valence electrons. The van der Waals surface area contributed by atoms with Crippen molar-refractivity contribution >= 4 is 27.5 Å². The van der Waals surface area contributed by atoms with E-state index in [1.165, 1.54) is 12.1 Å². The third-order valence-corrected chi connectivity index (χ3v) is 4.46. The fourth-order valence-corrected chi connectivity index (χ4v) is 2.68. The first kappa shape index (κ1) is 16.5. The Morgan fingerprint density at radius 3 is 2.55 bits per heavy atom. The second-order valence-corrected chi connectivity index (χ2v) is 6.76. The average Bonchev–Trinajstić information content (AvgIpc) is 2.45. The van der Waals surface area contributed by atoms with Crippen LogP contribution in [0.3, 0.4) is 0 Å². The third kappa shape index (κ3) is 3.85. The summed E-state index contributed by atoms with van der Waals surface area (Å²) in [4.78, 5) is 12.1. The maximum atomic E-state index is 12.2. The Morgan fingerprint density at radius 1 is 1.23 bits per heavy atom. The summed E-state index contributed by atoms with van der Waals surface area (Å²) in [6.45, 7) is 1.97. The lowest BCUT2D eigenvalue weighted by Crippen LogP contribution is -2.24. The van der Waals surface area contributed by atoms with Gasteiger partial charge in [0.05, 0.1) is 4.90 Å². The van der Waals surface area contributed by atoms with Gasteiger partial charge in [0, 0.05) is 17.1 Å². The summed E-state index contributed by atoms with van der Waals surface area (Å²) in [5.41, 5.74) is 1.69. The van der Waals surface area contributed by atoms with Crippen LogP contribution < -0.4 is 10.5 Å². The molecule has 0 aromatic heterocycles. The predicted molar refractivity (Wildman–Crippen MR) is 85.2 cm³/mol. The van der Waals surface area contributed by atoms with Gasteiger partial charge >= 0.3 is 0 Å². The summed E-state index contributed by atoms with van der Waals surface area (Å²) in [6.07, 6.45) is 0. The Morgan fingerprint density at radius 2 is 1.91 bits per heavy atom. The molecule has 0 atom stereocenters. The van der Waals surface area contributed by atoms with Gasteiger partial charge in [-0.3, -0.25) is 4.79 Å². The molecule has 0 heterocycles. The second kappa shape index (κ2) is 6.48. The Labute approximate surface area is 134 Å². The van der Waals surface area contributed by atoms with Crippen molar-refractivity contribution in [2.45, 2.75) is 18.4 Å². The molecule has 2 rings (SSSR count). The highest BCUT2D eigenvalue weighted by Gasteiger charge is 2.14. The van der Waals surface area contributed by atoms with Crippen molar-refractivity contribution in [2.75, 3.05) is 0 Å². The van der Waals surface area contributed by atoms with E-state index >= 15 is 0 Å². The molecule has 0 spiro atoms. The van der Waals surface area contributed by atoms with E-state index in [0.29, 0.717) is 10.6 Å². The number of nitrogens with one attached hydrogen (secondary N) is 1. The number of sulfonamides is 1. The molecule has 0 radical (unpaired) electrons. The smallest absolute Gasteiger partial charge is 0.251 e. The number of rotatable bonds is 4. The van der Waals surface area contributed by atoms with Crippen LogP contribution in [0.2, 0.25) is 5.02 Å². The molecule has 0 unspecified atom stereocenters. The monoisotopic (exact) mass is 338 g/mol. The largest absolute Gasteiger partial charge is 0.348 e. The van der Waals surface area contributed by atoms with Gasteiger partial charge in [0.15, 0.2) is 0 Å². The molecule has 3 N–H and O–H groups in total. The summed E-state index contributed by atoms with van der Waals surface area (Å²) in [6, 6.07) is 11.3. The molecule has 0 aliphatic carbocycles. The van der Waals surface area contributed by atoms with Crippen molar-refractivity contribution in [3.63, 3.8) is 0 Å². The van der Waals surface area contributed by atoms with Gasteiger partial charge in [-0.25, -0.2) is 13.6 Å². The molecule has 5 nitrogen and oxygen atoms in total. The Bertz CT molecular complexity index is 819. The van der Waals surface area contributed by atoms with Gasteiger partial charge in [-0.2, -0.15) is 0 Å². The Kier molecular flexibility index (Phi) is 4.85. The van der Waals surface area contributed by atoms with Crippen LogP contribution in [0.1, 0.15) is 21.5 Å². The first-order valence-corrected chi connectivity index (χ1v) is 8.36. The fraction of sp³-hybridized carbons (Fsp3) is 0.133. The van der Waals surface area contributed by atoms with Crippen LogP contribution in [0.5, 0.6) is 0 Å². The molecule has 1 amide bonds. The van der Waals surface area contributed by atoms with E-state index in [9.17, 15) is 13.2 Å². The number of primary sulfonamides is 1. The van der Waals surface area contributed by atoms with Crippen molar-refractivity contribution in [1.29, 1.82) is 0 Å². The Balaban J connectivity index is 2.21. The van der Waals surface area contributed by atoms with E-state index in [-0.39, 0.29) is 22.9 Å².